The summed E-state index contributed by atoms with van der Waals surface area (Å²) in [6, 6.07) is 20.5. The van der Waals surface area contributed by atoms with Crippen molar-refractivity contribution in [3.63, 3.8) is 0 Å². The number of benzene rings is 2. The lowest BCUT2D eigenvalue weighted by molar-refractivity contribution is 0.135. The second-order valence-electron chi connectivity index (χ2n) is 10.8. The van der Waals surface area contributed by atoms with E-state index < -0.39 is 10.0 Å². The summed E-state index contributed by atoms with van der Waals surface area (Å²) in [7, 11) is -3.79. The third kappa shape index (κ3) is 5.79. The van der Waals surface area contributed by atoms with E-state index in [-0.39, 0.29) is 39.8 Å². The Balaban J connectivity index is 1.14. The summed E-state index contributed by atoms with van der Waals surface area (Å²) in [5.74, 6) is 1.02. The molecule has 216 valence electrons. The van der Waals surface area contributed by atoms with Crippen molar-refractivity contribution in [2.75, 3.05) is 13.1 Å². The highest BCUT2D eigenvalue weighted by Crippen LogP contribution is 2.50. The van der Waals surface area contributed by atoms with Crippen LogP contribution in [0.15, 0.2) is 96.7 Å². The molecule has 2 fully saturated rings. The number of aryl methyl sites for hydroxylation is 1. The van der Waals surface area contributed by atoms with Crippen molar-refractivity contribution in [2.24, 2.45) is 11.8 Å². The van der Waals surface area contributed by atoms with E-state index in [1.54, 1.807) is 18.2 Å². The summed E-state index contributed by atoms with van der Waals surface area (Å²) < 4.78 is 34.7. The molecule has 2 aliphatic rings. The van der Waals surface area contributed by atoms with Gasteiger partial charge in [0.2, 0.25) is 15.9 Å². The molecule has 1 N–H and O–H groups in total. The number of amides is 1. The molecule has 2 aliphatic heterocycles. The third-order valence-corrected chi connectivity index (χ3v) is 10.8. The molecule has 6 rings (SSSR count). The minimum absolute atomic E-state index is 0.0162. The first-order valence-electron chi connectivity index (χ1n) is 14.0. The highest BCUT2D eigenvalue weighted by molar-refractivity contribution is 8.14. The zero-order valence-corrected chi connectivity index (χ0v) is 24.9. The number of para-hydroxylation sites is 1. The third-order valence-electron chi connectivity index (χ3n) is 8.14. The molecule has 2 aromatic carbocycles. The van der Waals surface area contributed by atoms with E-state index in [4.69, 9.17) is 4.74 Å². The fraction of sp³-hybridized carbons (Fsp3) is 0.281. The quantitative estimate of drug-likeness (QED) is 0.219. The van der Waals surface area contributed by atoms with E-state index >= 15 is 0 Å². The number of ether oxygens (including phenoxy) is 1. The molecule has 0 radical (unpaired) electrons. The van der Waals surface area contributed by atoms with Gasteiger partial charge in [-0.15, -0.1) is 6.58 Å². The lowest BCUT2D eigenvalue weighted by Gasteiger charge is -2.39. The number of nitrogens with zero attached hydrogens (tertiary/aromatic N) is 3. The zero-order chi connectivity index (χ0) is 29.3. The van der Waals surface area contributed by atoms with Gasteiger partial charge in [-0.25, -0.2) is 18.1 Å². The number of thioether (sulfide) groups is 1. The number of hydrogen-bond donors (Lipinski definition) is 1. The normalized spacial score (nSPS) is 21.2. The smallest absolute Gasteiger partial charge is 0.282 e. The fourth-order valence-corrected chi connectivity index (χ4v) is 8.25. The van der Waals surface area contributed by atoms with E-state index in [1.165, 1.54) is 24.0 Å². The van der Waals surface area contributed by atoms with Crippen molar-refractivity contribution in [3.8, 4) is 11.6 Å². The number of carbonyl (C=O) groups excluding carboxylic acids is 1. The molecule has 10 heteroatoms. The molecular formula is C32H32N4O4S2. The number of sulfonamides is 1. The van der Waals surface area contributed by atoms with E-state index in [2.05, 4.69) is 34.3 Å². The van der Waals surface area contributed by atoms with Crippen LogP contribution in [0.3, 0.4) is 0 Å². The van der Waals surface area contributed by atoms with Crippen molar-refractivity contribution in [1.29, 1.82) is 0 Å². The summed E-state index contributed by atoms with van der Waals surface area (Å²) in [6.45, 7) is 6.95. The van der Waals surface area contributed by atoms with Gasteiger partial charge in [0.1, 0.15) is 10.6 Å². The van der Waals surface area contributed by atoms with Crippen LogP contribution in [0, 0.1) is 18.8 Å². The average molecular weight is 601 g/mol. The molecule has 8 nitrogen and oxygen atoms in total. The monoisotopic (exact) mass is 600 g/mol. The predicted molar refractivity (Wildman–Crippen MR) is 165 cm³/mol. The van der Waals surface area contributed by atoms with Gasteiger partial charge in [-0.2, -0.15) is 0 Å². The van der Waals surface area contributed by atoms with E-state index in [0.717, 1.165) is 34.9 Å². The van der Waals surface area contributed by atoms with Gasteiger partial charge in [-0.1, -0.05) is 47.7 Å². The molecular weight excluding hydrogens is 569 g/mol. The summed E-state index contributed by atoms with van der Waals surface area (Å²) >= 11 is 1.39. The summed E-state index contributed by atoms with van der Waals surface area (Å²) in [4.78, 5) is 23.8. The number of pyridine rings is 2. The minimum Gasteiger partial charge on any atom is -0.439 e. The number of piperidine rings is 1. The van der Waals surface area contributed by atoms with Crippen LogP contribution in [0.1, 0.15) is 29.2 Å². The maximum atomic E-state index is 13.1. The van der Waals surface area contributed by atoms with Crippen LogP contribution >= 0.6 is 11.8 Å². The molecule has 4 heterocycles. The highest BCUT2D eigenvalue weighted by atomic mass is 32.2. The predicted octanol–water partition coefficient (Wildman–Crippen LogP) is 6.50. The van der Waals surface area contributed by atoms with E-state index in [1.807, 2.05) is 53.6 Å². The first-order chi connectivity index (χ1) is 20.3. The van der Waals surface area contributed by atoms with Crippen molar-refractivity contribution < 1.29 is 17.9 Å². The van der Waals surface area contributed by atoms with Gasteiger partial charge >= 0.3 is 0 Å². The van der Waals surface area contributed by atoms with Gasteiger partial charge < -0.3 is 9.64 Å². The summed E-state index contributed by atoms with van der Waals surface area (Å²) in [5.41, 5.74) is 3.19. The Morgan fingerprint density at radius 3 is 2.74 bits per heavy atom. The van der Waals surface area contributed by atoms with Crippen molar-refractivity contribution in [1.82, 2.24) is 19.6 Å². The highest BCUT2D eigenvalue weighted by Gasteiger charge is 2.46. The molecule has 0 saturated carbocycles. The van der Waals surface area contributed by atoms with Crippen LogP contribution in [0.25, 0.3) is 10.9 Å². The van der Waals surface area contributed by atoms with Gasteiger partial charge in [-0.05, 0) is 73.6 Å². The Hall–Kier alpha value is -3.73. The second-order valence-corrected chi connectivity index (χ2v) is 13.6. The first kappa shape index (κ1) is 28.4. The first-order valence-corrected chi connectivity index (χ1v) is 16.3. The van der Waals surface area contributed by atoms with Crippen LogP contribution in [0.2, 0.25) is 0 Å². The van der Waals surface area contributed by atoms with Gasteiger partial charge in [-0.3, -0.25) is 9.78 Å². The topological polar surface area (TPSA) is 101 Å². The molecule has 0 spiro atoms. The maximum absolute atomic E-state index is 13.1. The molecule has 2 saturated heterocycles. The van der Waals surface area contributed by atoms with Crippen molar-refractivity contribution in [2.45, 2.75) is 36.0 Å². The Morgan fingerprint density at radius 2 is 1.98 bits per heavy atom. The molecule has 1 amide bonds. The molecule has 0 bridgehead atoms. The fourth-order valence-electron chi connectivity index (χ4n) is 5.91. The van der Waals surface area contributed by atoms with Crippen LogP contribution in [0.4, 0.5) is 4.79 Å². The number of hydrogen-bond acceptors (Lipinski definition) is 7. The number of fused-ring (bicyclic) bond motifs is 2. The Kier molecular flexibility index (Phi) is 8.02. The maximum Gasteiger partial charge on any atom is 0.282 e. The van der Waals surface area contributed by atoms with Gasteiger partial charge in [0, 0.05) is 36.8 Å². The molecule has 2 aromatic heterocycles. The Bertz CT molecular complexity index is 1710. The molecule has 0 unspecified atom stereocenters. The number of aromatic nitrogens is 2. The standard InChI is InChI=1S/C32H32N4O4S2/c1-3-22(19-35-42(38,39)25-10-12-30(34-20-25)40-24-7-5-4-6-8-24)23-14-16-36-29(18-23)31(41-32(36)37)26-13-15-33-28-11-9-21(2)17-27(26)28/h3-13,15,17,20,22-23,29,31,35H,1,14,16,18-19H2,2H3/t22-,23-,29-,31-/m0/s1. The lowest BCUT2D eigenvalue weighted by Crippen LogP contribution is -2.44. The molecule has 4 aromatic rings. The van der Waals surface area contributed by atoms with Gasteiger partial charge in [0.15, 0.2) is 0 Å². The van der Waals surface area contributed by atoms with Gasteiger partial charge in [0.25, 0.3) is 5.24 Å². The number of nitrogens with one attached hydrogen (secondary N) is 1. The Labute approximate surface area is 250 Å². The van der Waals surface area contributed by atoms with Crippen LogP contribution in [0.5, 0.6) is 11.6 Å². The SMILES string of the molecule is C=C[C@@H](CNS(=O)(=O)c1ccc(Oc2ccccc2)nc1)[C@H]1CCN2C(=O)S[C@@H](c3ccnc4ccc(C)cc34)[C@@H]2C1. The van der Waals surface area contributed by atoms with E-state index in [9.17, 15) is 13.2 Å². The number of rotatable bonds is 9. The van der Waals surface area contributed by atoms with Crippen molar-refractivity contribution >= 4 is 37.9 Å². The second kappa shape index (κ2) is 11.9. The Morgan fingerprint density at radius 1 is 1.14 bits per heavy atom. The van der Waals surface area contributed by atoms with Gasteiger partial charge in [0.05, 0.1) is 17.0 Å². The molecule has 42 heavy (non-hydrogen) atoms. The minimum atomic E-state index is -3.79. The average Bonchev–Trinajstić information content (AvgIpc) is 3.33. The molecule has 4 atom stereocenters. The summed E-state index contributed by atoms with van der Waals surface area (Å²) in [6.07, 6.45) is 6.51. The van der Waals surface area contributed by atoms with Crippen molar-refractivity contribution in [3.05, 3.63) is 103 Å². The van der Waals surface area contributed by atoms with E-state index in [0.29, 0.717) is 18.2 Å². The largest absolute Gasteiger partial charge is 0.439 e. The number of carbonyl (C=O) groups is 1. The lowest BCUT2D eigenvalue weighted by atomic mass is 9.79. The van der Waals surface area contributed by atoms with Crippen LogP contribution < -0.4 is 9.46 Å². The van der Waals surface area contributed by atoms with Crippen LogP contribution in [-0.4, -0.2) is 47.7 Å². The summed E-state index contributed by atoms with van der Waals surface area (Å²) in [5, 5.41) is 1.16. The van der Waals surface area contributed by atoms with Crippen LogP contribution in [-0.2, 0) is 10.0 Å². The zero-order valence-electron chi connectivity index (χ0n) is 23.2. The molecule has 0 aliphatic carbocycles.